The third kappa shape index (κ3) is 4.11. The number of aromatic amines is 1. The second kappa shape index (κ2) is 8.12. The Balaban J connectivity index is 1.24. The predicted molar refractivity (Wildman–Crippen MR) is 124 cm³/mol. The van der Waals surface area contributed by atoms with E-state index in [2.05, 4.69) is 57.9 Å². The summed E-state index contributed by atoms with van der Waals surface area (Å²) >= 11 is 0. The Labute approximate surface area is 184 Å². The molecule has 2 saturated heterocycles. The zero-order chi connectivity index (χ0) is 21.4. The van der Waals surface area contributed by atoms with E-state index in [9.17, 15) is 4.79 Å². The Kier molecular flexibility index (Phi) is 5.30. The van der Waals surface area contributed by atoms with Crippen LogP contribution in [-0.2, 0) is 6.54 Å². The maximum atomic E-state index is 13.2. The molecular weight excluding hydrogens is 384 g/mol. The van der Waals surface area contributed by atoms with Crippen LogP contribution < -0.4 is 0 Å². The molecule has 1 spiro atoms. The number of fused-ring (bicyclic) bond motifs is 1. The minimum atomic E-state index is 0.148. The summed E-state index contributed by atoms with van der Waals surface area (Å²) in [5.41, 5.74) is 5.61. The van der Waals surface area contributed by atoms with Crippen molar-refractivity contribution in [1.82, 2.24) is 19.8 Å². The number of rotatable bonds is 4. The molecule has 2 aromatic carbocycles. The molecule has 0 radical (unpaired) electrons. The number of carbonyl (C=O) groups excluding carboxylic acids is 1. The van der Waals surface area contributed by atoms with Crippen molar-refractivity contribution in [3.63, 3.8) is 0 Å². The third-order valence-corrected chi connectivity index (χ3v) is 7.19. The first kappa shape index (κ1) is 20.3. The van der Waals surface area contributed by atoms with Crippen molar-refractivity contribution in [2.75, 3.05) is 26.2 Å². The lowest BCUT2D eigenvalue weighted by Crippen LogP contribution is -2.45. The van der Waals surface area contributed by atoms with Crippen LogP contribution in [0.3, 0.4) is 0 Å². The van der Waals surface area contributed by atoms with Gasteiger partial charge in [0.25, 0.3) is 5.91 Å². The van der Waals surface area contributed by atoms with Gasteiger partial charge in [-0.3, -0.25) is 9.69 Å². The van der Waals surface area contributed by atoms with Gasteiger partial charge in [-0.05, 0) is 61.1 Å². The molecule has 0 saturated carbocycles. The number of carbonyl (C=O) groups is 1. The summed E-state index contributed by atoms with van der Waals surface area (Å²) < 4.78 is 0. The summed E-state index contributed by atoms with van der Waals surface area (Å²) in [4.78, 5) is 25.2. The maximum Gasteiger partial charge on any atom is 0.253 e. The monoisotopic (exact) mass is 416 g/mol. The van der Waals surface area contributed by atoms with Gasteiger partial charge in [-0.25, -0.2) is 4.98 Å². The van der Waals surface area contributed by atoms with Gasteiger partial charge in [-0.1, -0.05) is 38.1 Å². The Morgan fingerprint density at radius 3 is 2.74 bits per heavy atom. The molecule has 1 aromatic heterocycles. The molecule has 0 aliphatic carbocycles. The molecule has 31 heavy (non-hydrogen) atoms. The summed E-state index contributed by atoms with van der Waals surface area (Å²) in [6, 6.07) is 14.9. The van der Waals surface area contributed by atoms with E-state index >= 15 is 0 Å². The summed E-state index contributed by atoms with van der Waals surface area (Å²) in [6.45, 7) is 9.45. The van der Waals surface area contributed by atoms with Crippen LogP contribution in [0.5, 0.6) is 0 Å². The number of piperidine rings is 1. The molecule has 5 heteroatoms. The van der Waals surface area contributed by atoms with Gasteiger partial charge in [0.1, 0.15) is 0 Å². The lowest BCUT2D eigenvalue weighted by Gasteiger charge is -2.40. The van der Waals surface area contributed by atoms with Crippen LogP contribution in [0.2, 0.25) is 0 Å². The quantitative estimate of drug-likeness (QED) is 0.664. The number of imidazole rings is 1. The summed E-state index contributed by atoms with van der Waals surface area (Å²) in [6.07, 6.45) is 5.22. The van der Waals surface area contributed by atoms with Crippen molar-refractivity contribution in [3.05, 3.63) is 65.5 Å². The number of nitrogens with zero attached hydrogens (tertiary/aromatic N) is 3. The average Bonchev–Trinajstić information content (AvgIpc) is 3.40. The highest BCUT2D eigenvalue weighted by Crippen LogP contribution is 2.40. The van der Waals surface area contributed by atoms with Gasteiger partial charge in [-0.2, -0.15) is 0 Å². The highest BCUT2D eigenvalue weighted by molar-refractivity contribution is 5.97. The predicted octanol–water partition coefficient (Wildman–Crippen LogP) is 4.81. The zero-order valence-electron chi connectivity index (χ0n) is 18.6. The second-order valence-corrected chi connectivity index (χ2v) is 9.82. The molecule has 2 aliphatic rings. The number of hydrogen-bond acceptors (Lipinski definition) is 3. The Bertz CT molecular complexity index is 1070. The van der Waals surface area contributed by atoms with E-state index in [1.54, 1.807) is 6.33 Å². The summed E-state index contributed by atoms with van der Waals surface area (Å²) in [5, 5.41) is 0. The van der Waals surface area contributed by atoms with Gasteiger partial charge in [0, 0.05) is 37.2 Å². The fraction of sp³-hybridized carbons (Fsp3) is 0.462. The normalized spacial score (nSPS) is 22.1. The molecule has 3 aromatic rings. The Morgan fingerprint density at radius 1 is 1.10 bits per heavy atom. The van der Waals surface area contributed by atoms with Crippen molar-refractivity contribution >= 4 is 16.9 Å². The first-order valence-electron chi connectivity index (χ1n) is 11.5. The van der Waals surface area contributed by atoms with E-state index in [0.717, 1.165) is 55.7 Å². The lowest BCUT2D eigenvalue weighted by molar-refractivity contribution is 0.0675. The first-order valence-corrected chi connectivity index (χ1v) is 11.5. The molecule has 1 N–H and O–H groups in total. The topological polar surface area (TPSA) is 52.2 Å². The minimum absolute atomic E-state index is 0.148. The number of H-pyrrole nitrogens is 1. The number of hydrogen-bond donors (Lipinski definition) is 1. The largest absolute Gasteiger partial charge is 0.345 e. The maximum absolute atomic E-state index is 13.2. The molecule has 0 bridgehead atoms. The van der Waals surface area contributed by atoms with E-state index in [1.807, 2.05) is 18.2 Å². The molecule has 3 heterocycles. The number of benzene rings is 2. The van der Waals surface area contributed by atoms with Crippen molar-refractivity contribution in [3.8, 4) is 0 Å². The number of nitrogens with one attached hydrogen (secondary N) is 1. The molecule has 162 valence electrons. The van der Waals surface area contributed by atoms with Crippen molar-refractivity contribution < 1.29 is 4.79 Å². The number of aromatic nitrogens is 2. The smallest absolute Gasteiger partial charge is 0.253 e. The molecule has 0 unspecified atom stereocenters. The first-order chi connectivity index (χ1) is 15.0. The minimum Gasteiger partial charge on any atom is -0.345 e. The van der Waals surface area contributed by atoms with Crippen LogP contribution in [-0.4, -0.2) is 51.9 Å². The van der Waals surface area contributed by atoms with Crippen LogP contribution in [0.15, 0.2) is 48.8 Å². The van der Waals surface area contributed by atoms with Gasteiger partial charge >= 0.3 is 0 Å². The SMILES string of the molecule is CC(C)c1ccc(CN2CCC[C@@]3(CCN(C(=O)c4ccc5nc[nH]c5c4)C3)C2)cc1. The standard InChI is InChI=1S/C26H32N4O/c1-19(2)21-6-4-20(5-7-21)15-29-12-3-10-26(16-29)11-13-30(17-26)25(31)22-8-9-23-24(14-22)28-18-27-23/h4-9,14,18-19H,3,10-13,15-17H2,1-2H3,(H,27,28)/t26-/m1/s1. The van der Waals surface area contributed by atoms with Gasteiger partial charge < -0.3 is 9.88 Å². The van der Waals surface area contributed by atoms with Crippen molar-refractivity contribution in [2.24, 2.45) is 5.41 Å². The van der Waals surface area contributed by atoms with E-state index in [4.69, 9.17) is 0 Å². The Morgan fingerprint density at radius 2 is 1.94 bits per heavy atom. The molecule has 5 rings (SSSR count). The van der Waals surface area contributed by atoms with Crippen LogP contribution in [0, 0.1) is 5.41 Å². The fourth-order valence-corrected chi connectivity index (χ4v) is 5.40. The molecule has 2 aliphatic heterocycles. The van der Waals surface area contributed by atoms with Crippen LogP contribution in [0.4, 0.5) is 0 Å². The van der Waals surface area contributed by atoms with E-state index < -0.39 is 0 Å². The van der Waals surface area contributed by atoms with Gasteiger partial charge in [-0.15, -0.1) is 0 Å². The summed E-state index contributed by atoms with van der Waals surface area (Å²) in [7, 11) is 0. The molecule has 1 amide bonds. The van der Waals surface area contributed by atoms with Gasteiger partial charge in [0.05, 0.1) is 17.4 Å². The molecule has 2 fully saturated rings. The number of likely N-dealkylation sites (tertiary alicyclic amines) is 2. The third-order valence-electron chi connectivity index (χ3n) is 7.19. The summed E-state index contributed by atoms with van der Waals surface area (Å²) in [5.74, 6) is 0.720. The van der Waals surface area contributed by atoms with E-state index in [0.29, 0.717) is 5.92 Å². The van der Waals surface area contributed by atoms with Crippen LogP contribution in [0.1, 0.15) is 60.5 Å². The Hall–Kier alpha value is -2.66. The second-order valence-electron chi connectivity index (χ2n) is 9.82. The lowest BCUT2D eigenvalue weighted by atomic mass is 9.79. The van der Waals surface area contributed by atoms with E-state index in [1.165, 1.54) is 24.0 Å². The molecule has 1 atom stereocenters. The molecular formula is C26H32N4O. The average molecular weight is 417 g/mol. The van der Waals surface area contributed by atoms with Crippen LogP contribution in [0.25, 0.3) is 11.0 Å². The van der Waals surface area contributed by atoms with Crippen LogP contribution >= 0.6 is 0 Å². The van der Waals surface area contributed by atoms with Crippen molar-refractivity contribution in [2.45, 2.75) is 45.6 Å². The highest BCUT2D eigenvalue weighted by Gasteiger charge is 2.42. The van der Waals surface area contributed by atoms with E-state index in [-0.39, 0.29) is 11.3 Å². The fourth-order valence-electron chi connectivity index (χ4n) is 5.40. The van der Waals surface area contributed by atoms with Crippen molar-refractivity contribution in [1.29, 1.82) is 0 Å². The molecule has 5 nitrogen and oxygen atoms in total. The number of amides is 1. The van der Waals surface area contributed by atoms with Gasteiger partial charge in [0.15, 0.2) is 0 Å². The zero-order valence-corrected chi connectivity index (χ0v) is 18.6. The highest BCUT2D eigenvalue weighted by atomic mass is 16.2. The van der Waals surface area contributed by atoms with Gasteiger partial charge in [0.2, 0.25) is 0 Å².